The second kappa shape index (κ2) is 6.42. The Morgan fingerprint density at radius 1 is 0.957 bits per heavy atom. The number of anilines is 1. The molecule has 2 aliphatic heterocycles. The van der Waals surface area contributed by atoms with Crippen LogP contribution in [0.25, 0.3) is 10.8 Å². The van der Waals surface area contributed by atoms with Crippen LogP contribution >= 0.6 is 0 Å². The van der Waals surface area contributed by atoms with Gasteiger partial charge in [0.1, 0.15) is 0 Å². The highest BCUT2D eigenvalue weighted by atomic mass is 16.5. The van der Waals surface area contributed by atoms with Crippen molar-refractivity contribution in [1.29, 1.82) is 0 Å². The topological polar surface area (TPSA) is 41.5 Å². The molecule has 0 saturated carbocycles. The molecule has 122 valence electrons. The summed E-state index contributed by atoms with van der Waals surface area (Å²) in [6.07, 6.45) is 2.40. The van der Waals surface area contributed by atoms with E-state index in [1.807, 2.05) is 6.92 Å². The molecule has 0 N–H and O–H groups in total. The number of aromatic nitrogens is 2. The fourth-order valence-corrected chi connectivity index (χ4v) is 3.84. The van der Waals surface area contributed by atoms with Crippen LogP contribution in [-0.2, 0) is 4.74 Å². The van der Waals surface area contributed by atoms with Crippen LogP contribution in [-0.4, -0.2) is 60.5 Å². The van der Waals surface area contributed by atoms with Crippen molar-refractivity contribution in [2.75, 3.05) is 44.3 Å². The summed E-state index contributed by atoms with van der Waals surface area (Å²) < 4.78 is 5.47. The highest BCUT2D eigenvalue weighted by Gasteiger charge is 2.27. The molecule has 2 aliphatic rings. The Kier molecular flexibility index (Phi) is 4.14. The summed E-state index contributed by atoms with van der Waals surface area (Å²) >= 11 is 0. The minimum atomic E-state index is 0.694. The Morgan fingerprint density at radius 3 is 2.39 bits per heavy atom. The van der Waals surface area contributed by atoms with Crippen molar-refractivity contribution in [3.05, 3.63) is 30.0 Å². The van der Waals surface area contributed by atoms with Gasteiger partial charge in [0, 0.05) is 43.0 Å². The SMILES string of the molecule is Cc1nnc(N2CCC(N3CCOCC3)CC2)c2ccccc12. The van der Waals surface area contributed by atoms with E-state index in [0.717, 1.165) is 50.9 Å². The number of rotatable bonds is 2. The molecule has 5 nitrogen and oxygen atoms in total. The van der Waals surface area contributed by atoms with Gasteiger partial charge in [0.25, 0.3) is 0 Å². The van der Waals surface area contributed by atoms with E-state index in [0.29, 0.717) is 6.04 Å². The van der Waals surface area contributed by atoms with Gasteiger partial charge in [0.2, 0.25) is 0 Å². The minimum absolute atomic E-state index is 0.694. The van der Waals surface area contributed by atoms with Crippen LogP contribution in [0.15, 0.2) is 24.3 Å². The number of fused-ring (bicyclic) bond motifs is 1. The molecule has 0 radical (unpaired) electrons. The molecule has 2 aromatic rings. The van der Waals surface area contributed by atoms with Gasteiger partial charge < -0.3 is 9.64 Å². The van der Waals surface area contributed by atoms with Gasteiger partial charge >= 0.3 is 0 Å². The second-order valence-electron chi connectivity index (χ2n) is 6.52. The summed E-state index contributed by atoms with van der Waals surface area (Å²) in [5, 5.41) is 11.3. The van der Waals surface area contributed by atoms with Crippen molar-refractivity contribution in [1.82, 2.24) is 15.1 Å². The van der Waals surface area contributed by atoms with E-state index < -0.39 is 0 Å². The number of aryl methyl sites for hydroxylation is 1. The van der Waals surface area contributed by atoms with Crippen LogP contribution < -0.4 is 4.90 Å². The fourth-order valence-electron chi connectivity index (χ4n) is 3.84. The summed E-state index contributed by atoms with van der Waals surface area (Å²) in [7, 11) is 0. The molecule has 4 rings (SSSR count). The zero-order valence-electron chi connectivity index (χ0n) is 13.7. The molecule has 23 heavy (non-hydrogen) atoms. The Morgan fingerprint density at radius 2 is 1.65 bits per heavy atom. The third-order valence-corrected chi connectivity index (χ3v) is 5.18. The highest BCUT2D eigenvalue weighted by molar-refractivity contribution is 5.93. The molecule has 2 fully saturated rings. The lowest BCUT2D eigenvalue weighted by Crippen LogP contribution is -2.49. The zero-order valence-corrected chi connectivity index (χ0v) is 13.7. The largest absolute Gasteiger partial charge is 0.379 e. The number of hydrogen-bond acceptors (Lipinski definition) is 5. The van der Waals surface area contributed by atoms with Gasteiger partial charge in [0.15, 0.2) is 5.82 Å². The Labute approximate surface area is 137 Å². The van der Waals surface area contributed by atoms with Gasteiger partial charge in [-0.15, -0.1) is 5.10 Å². The van der Waals surface area contributed by atoms with Crippen molar-refractivity contribution in [2.24, 2.45) is 0 Å². The summed E-state index contributed by atoms with van der Waals surface area (Å²) in [6, 6.07) is 9.17. The van der Waals surface area contributed by atoms with Crippen LogP contribution in [0.2, 0.25) is 0 Å². The van der Waals surface area contributed by atoms with Gasteiger partial charge in [0.05, 0.1) is 18.9 Å². The number of hydrogen-bond donors (Lipinski definition) is 0. The number of benzene rings is 1. The molecular weight excluding hydrogens is 288 g/mol. The summed E-state index contributed by atoms with van der Waals surface area (Å²) in [5.41, 5.74) is 1.01. The quantitative estimate of drug-likeness (QED) is 0.851. The van der Waals surface area contributed by atoms with Gasteiger partial charge in [-0.05, 0) is 19.8 Å². The fraction of sp³-hybridized carbons (Fsp3) is 0.556. The minimum Gasteiger partial charge on any atom is -0.379 e. The van der Waals surface area contributed by atoms with Gasteiger partial charge in [-0.25, -0.2) is 0 Å². The van der Waals surface area contributed by atoms with Crippen LogP contribution in [0.3, 0.4) is 0 Å². The molecule has 0 bridgehead atoms. The number of piperidine rings is 1. The first-order chi connectivity index (χ1) is 11.3. The highest BCUT2D eigenvalue weighted by Crippen LogP contribution is 2.28. The summed E-state index contributed by atoms with van der Waals surface area (Å²) in [5.74, 6) is 1.05. The number of morpholine rings is 1. The second-order valence-corrected chi connectivity index (χ2v) is 6.52. The molecule has 1 aromatic carbocycles. The van der Waals surface area contributed by atoms with Crippen molar-refractivity contribution in [3.8, 4) is 0 Å². The standard InChI is InChI=1S/C18H24N4O/c1-14-16-4-2-3-5-17(16)18(20-19-14)22-8-6-15(7-9-22)21-10-12-23-13-11-21/h2-5,15H,6-13H2,1H3. The summed E-state index contributed by atoms with van der Waals surface area (Å²) in [6.45, 7) is 8.08. The predicted octanol–water partition coefficient (Wildman–Crippen LogP) is 2.24. The molecule has 0 spiro atoms. The Bertz CT molecular complexity index is 676. The van der Waals surface area contributed by atoms with E-state index >= 15 is 0 Å². The van der Waals surface area contributed by atoms with E-state index in [9.17, 15) is 0 Å². The number of nitrogens with zero attached hydrogens (tertiary/aromatic N) is 4. The van der Waals surface area contributed by atoms with E-state index in [2.05, 4.69) is 44.3 Å². The van der Waals surface area contributed by atoms with Crippen molar-refractivity contribution >= 4 is 16.6 Å². The van der Waals surface area contributed by atoms with Crippen LogP contribution in [0.5, 0.6) is 0 Å². The van der Waals surface area contributed by atoms with E-state index in [-0.39, 0.29) is 0 Å². The first kappa shape index (κ1) is 14.8. The van der Waals surface area contributed by atoms with Crippen molar-refractivity contribution in [3.63, 3.8) is 0 Å². The monoisotopic (exact) mass is 312 g/mol. The summed E-state index contributed by atoms with van der Waals surface area (Å²) in [4.78, 5) is 5.01. The lowest BCUT2D eigenvalue weighted by Gasteiger charge is -2.40. The zero-order chi connectivity index (χ0) is 15.6. The van der Waals surface area contributed by atoms with Gasteiger partial charge in [-0.3, -0.25) is 4.90 Å². The Balaban J connectivity index is 1.51. The first-order valence-corrected chi connectivity index (χ1v) is 8.62. The molecule has 0 atom stereocenters. The van der Waals surface area contributed by atoms with Crippen molar-refractivity contribution < 1.29 is 4.74 Å². The third kappa shape index (κ3) is 2.91. The van der Waals surface area contributed by atoms with Crippen LogP contribution in [0, 0.1) is 6.92 Å². The third-order valence-electron chi connectivity index (χ3n) is 5.18. The molecule has 0 aliphatic carbocycles. The smallest absolute Gasteiger partial charge is 0.159 e. The lowest BCUT2D eigenvalue weighted by atomic mass is 10.0. The average molecular weight is 312 g/mol. The molecule has 5 heteroatoms. The molecule has 2 saturated heterocycles. The maximum absolute atomic E-state index is 5.47. The van der Waals surface area contributed by atoms with Gasteiger partial charge in [-0.1, -0.05) is 24.3 Å². The van der Waals surface area contributed by atoms with E-state index in [4.69, 9.17) is 4.74 Å². The van der Waals surface area contributed by atoms with Crippen LogP contribution in [0.1, 0.15) is 18.5 Å². The first-order valence-electron chi connectivity index (χ1n) is 8.62. The normalized spacial score (nSPS) is 21.0. The average Bonchev–Trinajstić information content (AvgIpc) is 2.63. The molecule has 3 heterocycles. The molecule has 1 aromatic heterocycles. The van der Waals surface area contributed by atoms with Gasteiger partial charge in [-0.2, -0.15) is 5.10 Å². The maximum atomic E-state index is 5.47. The molecular formula is C18H24N4O. The maximum Gasteiger partial charge on any atom is 0.159 e. The van der Waals surface area contributed by atoms with Crippen molar-refractivity contribution in [2.45, 2.75) is 25.8 Å². The number of ether oxygens (including phenoxy) is 1. The lowest BCUT2D eigenvalue weighted by molar-refractivity contribution is 0.0115. The predicted molar refractivity (Wildman–Crippen MR) is 91.9 cm³/mol. The van der Waals surface area contributed by atoms with E-state index in [1.165, 1.54) is 23.6 Å². The molecule has 0 unspecified atom stereocenters. The van der Waals surface area contributed by atoms with E-state index in [1.54, 1.807) is 0 Å². The van der Waals surface area contributed by atoms with Crippen LogP contribution in [0.4, 0.5) is 5.82 Å². The molecule has 0 amide bonds. The Hall–Kier alpha value is -1.72.